The third-order valence-corrected chi connectivity index (χ3v) is 2.57. The van der Waals surface area contributed by atoms with E-state index in [4.69, 9.17) is 0 Å². The first-order valence-corrected chi connectivity index (χ1v) is 5.58. The zero-order valence-electron chi connectivity index (χ0n) is 9.13. The van der Waals surface area contributed by atoms with Gasteiger partial charge in [-0.1, -0.05) is 63.1 Å². The monoisotopic (exact) mass is 188 g/mol. The van der Waals surface area contributed by atoms with Crippen molar-refractivity contribution < 1.29 is 0 Å². The Hall–Kier alpha value is -1.04. The Morgan fingerprint density at radius 3 is 2.64 bits per heavy atom. The van der Waals surface area contributed by atoms with Gasteiger partial charge in [0.1, 0.15) is 0 Å². The first kappa shape index (κ1) is 11.0. The summed E-state index contributed by atoms with van der Waals surface area (Å²) in [6.07, 6.45) is 8.47. The van der Waals surface area contributed by atoms with Gasteiger partial charge in [-0.2, -0.15) is 0 Å². The minimum atomic E-state index is 1.20. The first-order valence-electron chi connectivity index (χ1n) is 5.58. The molecule has 0 heteroatoms. The fourth-order valence-corrected chi connectivity index (χ4v) is 1.70. The van der Waals surface area contributed by atoms with E-state index in [-0.39, 0.29) is 0 Å². The molecule has 0 heterocycles. The summed E-state index contributed by atoms with van der Waals surface area (Å²) in [4.78, 5) is 0. The van der Waals surface area contributed by atoms with E-state index in [0.29, 0.717) is 0 Å². The second kappa shape index (κ2) is 6.42. The van der Waals surface area contributed by atoms with Gasteiger partial charge in [0.15, 0.2) is 0 Å². The molecule has 1 aromatic carbocycles. The Morgan fingerprint density at radius 1 is 1.14 bits per heavy atom. The lowest BCUT2D eigenvalue weighted by molar-refractivity contribution is 0.666. The number of rotatable bonds is 6. The summed E-state index contributed by atoms with van der Waals surface area (Å²) in [6.45, 7) is 6.08. The summed E-state index contributed by atoms with van der Waals surface area (Å²) in [6, 6.07) is 8.54. The van der Waals surface area contributed by atoms with E-state index in [1.54, 1.807) is 0 Å². The van der Waals surface area contributed by atoms with Crippen LogP contribution in [-0.2, 0) is 6.42 Å². The summed E-state index contributed by atoms with van der Waals surface area (Å²) in [7, 11) is 0. The molecule has 0 saturated carbocycles. The van der Waals surface area contributed by atoms with Crippen LogP contribution >= 0.6 is 0 Å². The molecule has 0 radical (unpaired) electrons. The minimum absolute atomic E-state index is 1.20. The maximum absolute atomic E-state index is 3.84. The van der Waals surface area contributed by atoms with Gasteiger partial charge in [-0.15, -0.1) is 0 Å². The van der Waals surface area contributed by atoms with Gasteiger partial charge in [0, 0.05) is 0 Å². The van der Waals surface area contributed by atoms with Crippen LogP contribution in [0.1, 0.15) is 43.7 Å². The maximum atomic E-state index is 3.84. The number of hydrogen-bond donors (Lipinski definition) is 0. The van der Waals surface area contributed by atoms with Gasteiger partial charge in [0.25, 0.3) is 0 Å². The van der Waals surface area contributed by atoms with Crippen molar-refractivity contribution >= 4 is 6.08 Å². The second-order valence-electron chi connectivity index (χ2n) is 3.71. The Morgan fingerprint density at radius 2 is 1.93 bits per heavy atom. The molecule has 14 heavy (non-hydrogen) atoms. The highest BCUT2D eigenvalue weighted by molar-refractivity contribution is 5.51. The van der Waals surface area contributed by atoms with Crippen LogP contribution in [0.4, 0.5) is 0 Å². The lowest BCUT2D eigenvalue weighted by Crippen LogP contribution is -1.89. The van der Waals surface area contributed by atoms with E-state index in [9.17, 15) is 0 Å². The highest BCUT2D eigenvalue weighted by Gasteiger charge is 1.97. The Balaban J connectivity index is 2.45. The number of aryl methyl sites for hydroxylation is 1. The van der Waals surface area contributed by atoms with E-state index in [1.807, 2.05) is 6.08 Å². The molecule has 0 atom stereocenters. The zero-order valence-corrected chi connectivity index (χ0v) is 9.13. The summed E-state index contributed by atoms with van der Waals surface area (Å²) in [5, 5.41) is 0. The van der Waals surface area contributed by atoms with Gasteiger partial charge < -0.3 is 0 Å². The molecule has 0 aliphatic heterocycles. The van der Waals surface area contributed by atoms with Crippen molar-refractivity contribution in [3.63, 3.8) is 0 Å². The third-order valence-electron chi connectivity index (χ3n) is 2.57. The van der Waals surface area contributed by atoms with Crippen LogP contribution in [-0.4, -0.2) is 0 Å². The minimum Gasteiger partial charge on any atom is -0.0985 e. The Labute approximate surface area is 87.7 Å². The molecule has 0 unspecified atom stereocenters. The number of unbranched alkanes of at least 4 members (excludes halogenated alkanes) is 3. The summed E-state index contributed by atoms with van der Waals surface area (Å²) >= 11 is 0. The second-order valence-corrected chi connectivity index (χ2v) is 3.71. The third kappa shape index (κ3) is 3.37. The average Bonchev–Trinajstić information content (AvgIpc) is 2.25. The number of hydrogen-bond acceptors (Lipinski definition) is 0. The normalized spacial score (nSPS) is 10.1. The Bertz CT molecular complexity index is 273. The van der Waals surface area contributed by atoms with Gasteiger partial charge in [-0.3, -0.25) is 0 Å². The maximum Gasteiger partial charge on any atom is -0.0230 e. The molecule has 0 aromatic heterocycles. The van der Waals surface area contributed by atoms with Crippen LogP contribution in [0.3, 0.4) is 0 Å². The summed E-state index contributed by atoms with van der Waals surface area (Å²) in [5.74, 6) is 0. The van der Waals surface area contributed by atoms with E-state index >= 15 is 0 Å². The van der Waals surface area contributed by atoms with Gasteiger partial charge in [-0.25, -0.2) is 0 Å². The van der Waals surface area contributed by atoms with E-state index < -0.39 is 0 Å². The average molecular weight is 188 g/mol. The van der Waals surface area contributed by atoms with Gasteiger partial charge in [0.05, 0.1) is 0 Å². The predicted molar refractivity (Wildman–Crippen MR) is 64.4 cm³/mol. The lowest BCUT2D eigenvalue weighted by atomic mass is 10.0. The van der Waals surface area contributed by atoms with Crippen LogP contribution in [0.2, 0.25) is 0 Å². The van der Waals surface area contributed by atoms with Crippen molar-refractivity contribution in [1.82, 2.24) is 0 Å². The Kier molecular flexibility index (Phi) is 5.06. The lowest BCUT2D eigenvalue weighted by Gasteiger charge is -2.04. The zero-order chi connectivity index (χ0) is 10.2. The molecular formula is C14H20. The molecule has 1 rings (SSSR count). The SMILES string of the molecule is C=Cc1ccccc1CCCCCC. The van der Waals surface area contributed by atoms with Crippen LogP contribution in [0.25, 0.3) is 6.08 Å². The van der Waals surface area contributed by atoms with E-state index in [0.717, 1.165) is 0 Å². The molecule has 0 amide bonds. The summed E-state index contributed by atoms with van der Waals surface area (Å²) < 4.78 is 0. The fraction of sp³-hybridized carbons (Fsp3) is 0.429. The van der Waals surface area contributed by atoms with Gasteiger partial charge >= 0.3 is 0 Å². The van der Waals surface area contributed by atoms with Crippen molar-refractivity contribution in [2.45, 2.75) is 39.0 Å². The number of benzene rings is 1. The summed E-state index contributed by atoms with van der Waals surface area (Å²) in [5.41, 5.74) is 2.74. The molecule has 0 aliphatic rings. The molecule has 0 aliphatic carbocycles. The molecule has 1 aromatic rings. The van der Waals surface area contributed by atoms with Crippen molar-refractivity contribution in [2.75, 3.05) is 0 Å². The molecule has 0 spiro atoms. The van der Waals surface area contributed by atoms with Crippen molar-refractivity contribution in [1.29, 1.82) is 0 Å². The van der Waals surface area contributed by atoms with Crippen LogP contribution < -0.4 is 0 Å². The van der Waals surface area contributed by atoms with E-state index in [2.05, 4.69) is 37.8 Å². The first-order chi connectivity index (χ1) is 6.88. The van der Waals surface area contributed by atoms with Gasteiger partial charge in [-0.05, 0) is 24.0 Å². The molecule has 0 N–H and O–H groups in total. The van der Waals surface area contributed by atoms with Crippen LogP contribution in [0.5, 0.6) is 0 Å². The molecule has 0 bridgehead atoms. The van der Waals surface area contributed by atoms with Crippen LogP contribution in [0.15, 0.2) is 30.8 Å². The standard InChI is InChI=1S/C14H20/c1-3-5-6-7-11-14-12-9-8-10-13(14)4-2/h4,8-10,12H,2-3,5-7,11H2,1H3. The predicted octanol–water partition coefficient (Wildman–Crippen LogP) is 4.45. The fourth-order valence-electron chi connectivity index (χ4n) is 1.70. The molecule has 0 fully saturated rings. The molecular weight excluding hydrogens is 168 g/mol. The highest BCUT2D eigenvalue weighted by Crippen LogP contribution is 2.13. The van der Waals surface area contributed by atoms with Crippen molar-refractivity contribution in [3.05, 3.63) is 42.0 Å². The van der Waals surface area contributed by atoms with E-state index in [1.165, 1.54) is 43.2 Å². The highest BCUT2D eigenvalue weighted by atomic mass is 14.0. The topological polar surface area (TPSA) is 0 Å². The smallest absolute Gasteiger partial charge is 0.0230 e. The van der Waals surface area contributed by atoms with Crippen molar-refractivity contribution in [3.8, 4) is 0 Å². The molecule has 0 saturated heterocycles. The molecule has 0 nitrogen and oxygen atoms in total. The molecule has 76 valence electrons. The quantitative estimate of drug-likeness (QED) is 0.578. The van der Waals surface area contributed by atoms with Crippen molar-refractivity contribution in [2.24, 2.45) is 0 Å². The van der Waals surface area contributed by atoms with Crippen LogP contribution in [0, 0.1) is 0 Å². The largest absolute Gasteiger partial charge is 0.0985 e. The van der Waals surface area contributed by atoms with Gasteiger partial charge in [0.2, 0.25) is 0 Å².